The molecular weight excluding hydrogens is 286 g/mol. The van der Waals surface area contributed by atoms with E-state index in [-0.39, 0.29) is 17.0 Å². The summed E-state index contributed by atoms with van der Waals surface area (Å²) in [5.74, 6) is -0.448. The van der Waals surface area contributed by atoms with E-state index in [1.54, 1.807) is 18.2 Å². The van der Waals surface area contributed by atoms with E-state index < -0.39 is 10.8 Å². The first-order valence-electron chi connectivity index (χ1n) is 6.27. The van der Waals surface area contributed by atoms with Gasteiger partial charge in [-0.05, 0) is 24.3 Å². The van der Waals surface area contributed by atoms with Crippen LogP contribution in [0.3, 0.4) is 0 Å². The van der Waals surface area contributed by atoms with Gasteiger partial charge in [0.25, 0.3) is 11.6 Å². The van der Waals surface area contributed by atoms with E-state index in [1.165, 1.54) is 30.3 Å². The van der Waals surface area contributed by atoms with Crippen molar-refractivity contribution in [3.05, 3.63) is 76.4 Å². The first-order valence-corrected chi connectivity index (χ1v) is 6.27. The van der Waals surface area contributed by atoms with Crippen molar-refractivity contribution < 1.29 is 14.8 Å². The van der Waals surface area contributed by atoms with Crippen molar-refractivity contribution >= 4 is 17.3 Å². The average molecular weight is 299 g/mol. The topological polar surface area (TPSA) is 104 Å². The zero-order chi connectivity index (χ0) is 16.1. The molecule has 0 saturated heterocycles. The molecule has 0 bridgehead atoms. The second kappa shape index (κ2) is 6.40. The summed E-state index contributed by atoms with van der Waals surface area (Å²) in [5, 5.41) is 20.2. The summed E-state index contributed by atoms with van der Waals surface area (Å²) in [5.41, 5.74) is 5.91. The third kappa shape index (κ3) is 3.40. The third-order valence-corrected chi connectivity index (χ3v) is 2.90. The smallest absolute Gasteiger partial charge is 0.269 e. The van der Waals surface area contributed by atoms with Crippen molar-refractivity contribution in [3.63, 3.8) is 0 Å². The number of carbonyl (C=O) groups excluding carboxylic acids is 1. The summed E-state index contributed by atoms with van der Waals surface area (Å²) in [7, 11) is 0. The second-order valence-corrected chi connectivity index (χ2v) is 4.38. The van der Waals surface area contributed by atoms with Crippen LogP contribution >= 0.6 is 0 Å². The Hall–Kier alpha value is -3.35. The fourth-order valence-electron chi connectivity index (χ4n) is 1.74. The molecule has 1 amide bonds. The molecule has 0 atom stereocenters. The Balaban J connectivity index is 1.99. The van der Waals surface area contributed by atoms with Crippen LogP contribution in [0.25, 0.3) is 5.70 Å². The van der Waals surface area contributed by atoms with Gasteiger partial charge in [0.1, 0.15) is 5.75 Å². The summed E-state index contributed by atoms with van der Waals surface area (Å²) in [6.45, 7) is 3.71. The molecule has 0 unspecified atom stereocenters. The van der Waals surface area contributed by atoms with Crippen LogP contribution in [0.1, 0.15) is 15.9 Å². The minimum absolute atomic E-state index is 0.0320. The molecule has 7 nitrogen and oxygen atoms in total. The molecule has 0 heterocycles. The number of nitrogens with one attached hydrogen (secondary N) is 2. The average Bonchev–Trinajstić information content (AvgIpc) is 2.52. The van der Waals surface area contributed by atoms with Gasteiger partial charge >= 0.3 is 0 Å². The highest BCUT2D eigenvalue weighted by Crippen LogP contribution is 2.20. The van der Waals surface area contributed by atoms with Gasteiger partial charge in [0.2, 0.25) is 0 Å². The van der Waals surface area contributed by atoms with E-state index in [0.717, 1.165) is 0 Å². The number of phenolic OH excluding ortho intramolecular Hbond substituents is 1. The zero-order valence-electron chi connectivity index (χ0n) is 11.4. The van der Waals surface area contributed by atoms with Crippen molar-refractivity contribution in [2.45, 2.75) is 0 Å². The molecule has 2 aromatic rings. The molecule has 0 fully saturated rings. The van der Waals surface area contributed by atoms with E-state index in [4.69, 9.17) is 0 Å². The summed E-state index contributed by atoms with van der Waals surface area (Å²) in [6, 6.07) is 11.7. The first kappa shape index (κ1) is 15.0. The fraction of sp³-hybridized carbons (Fsp3) is 0. The molecule has 2 rings (SSSR count). The van der Waals surface area contributed by atoms with Crippen LogP contribution < -0.4 is 10.9 Å². The molecule has 0 radical (unpaired) electrons. The SMILES string of the molecule is C=C(NNC(=O)c1ccc([N+](=O)[O-])cc1)c1ccccc1O. The van der Waals surface area contributed by atoms with Gasteiger partial charge in [-0.2, -0.15) is 0 Å². The van der Waals surface area contributed by atoms with Gasteiger partial charge in [-0.25, -0.2) is 0 Å². The van der Waals surface area contributed by atoms with Gasteiger partial charge in [0.05, 0.1) is 10.6 Å². The van der Waals surface area contributed by atoms with Crippen molar-refractivity contribution in [1.82, 2.24) is 10.9 Å². The molecule has 2 aromatic carbocycles. The lowest BCUT2D eigenvalue weighted by Gasteiger charge is -2.12. The van der Waals surface area contributed by atoms with E-state index in [1.807, 2.05) is 0 Å². The van der Waals surface area contributed by atoms with Gasteiger partial charge in [0.15, 0.2) is 0 Å². The summed E-state index contributed by atoms with van der Waals surface area (Å²) in [6.07, 6.45) is 0. The van der Waals surface area contributed by atoms with Crippen molar-refractivity contribution in [2.24, 2.45) is 0 Å². The number of rotatable bonds is 5. The van der Waals surface area contributed by atoms with E-state index in [0.29, 0.717) is 11.3 Å². The van der Waals surface area contributed by atoms with Crippen LogP contribution in [0.15, 0.2) is 55.1 Å². The minimum Gasteiger partial charge on any atom is -0.507 e. The number of nitro groups is 1. The van der Waals surface area contributed by atoms with E-state index in [2.05, 4.69) is 17.4 Å². The molecule has 0 aliphatic rings. The van der Waals surface area contributed by atoms with Gasteiger partial charge in [0, 0.05) is 23.3 Å². The minimum atomic E-state index is -0.542. The van der Waals surface area contributed by atoms with Gasteiger partial charge in [-0.15, -0.1) is 0 Å². The van der Waals surface area contributed by atoms with Crippen LogP contribution in [0.4, 0.5) is 5.69 Å². The van der Waals surface area contributed by atoms with Gasteiger partial charge in [-0.1, -0.05) is 18.7 Å². The number of hydrogen-bond donors (Lipinski definition) is 3. The maximum Gasteiger partial charge on any atom is 0.269 e. The Morgan fingerprint density at radius 2 is 1.73 bits per heavy atom. The number of carbonyl (C=O) groups is 1. The number of hydrazine groups is 1. The van der Waals surface area contributed by atoms with Crippen LogP contribution in [0.2, 0.25) is 0 Å². The number of amides is 1. The van der Waals surface area contributed by atoms with Crippen LogP contribution in [0, 0.1) is 10.1 Å². The number of hydrogen-bond acceptors (Lipinski definition) is 5. The number of benzene rings is 2. The van der Waals surface area contributed by atoms with Crippen molar-refractivity contribution in [3.8, 4) is 5.75 Å². The number of non-ortho nitro benzene ring substituents is 1. The Labute approximate surface area is 126 Å². The third-order valence-electron chi connectivity index (χ3n) is 2.90. The molecule has 0 aromatic heterocycles. The fourth-order valence-corrected chi connectivity index (χ4v) is 1.74. The number of para-hydroxylation sites is 1. The quantitative estimate of drug-likeness (QED) is 0.580. The molecule has 7 heteroatoms. The molecule has 0 aliphatic heterocycles. The normalized spacial score (nSPS) is 9.82. The standard InChI is InChI=1S/C15H13N3O4/c1-10(13-4-2-3-5-14(13)19)16-17-15(20)11-6-8-12(9-7-11)18(21)22/h2-9,16,19H,1H2,(H,17,20). The first-order chi connectivity index (χ1) is 10.5. The van der Waals surface area contributed by atoms with Crippen LogP contribution in [-0.4, -0.2) is 15.9 Å². The Morgan fingerprint density at radius 3 is 2.32 bits per heavy atom. The number of nitro benzene ring substituents is 1. The summed E-state index contributed by atoms with van der Waals surface area (Å²) in [4.78, 5) is 21.9. The number of nitrogens with zero attached hydrogens (tertiary/aromatic N) is 1. The predicted molar refractivity (Wildman–Crippen MR) is 80.8 cm³/mol. The predicted octanol–water partition coefficient (Wildman–Crippen LogP) is 2.21. The molecule has 22 heavy (non-hydrogen) atoms. The molecular formula is C15H13N3O4. The van der Waals surface area contributed by atoms with Gasteiger partial charge < -0.3 is 5.11 Å². The molecule has 112 valence electrons. The van der Waals surface area contributed by atoms with Crippen LogP contribution in [-0.2, 0) is 0 Å². The number of aromatic hydroxyl groups is 1. The Bertz CT molecular complexity index is 726. The van der Waals surface area contributed by atoms with Crippen molar-refractivity contribution in [1.29, 1.82) is 0 Å². The Morgan fingerprint density at radius 1 is 1.09 bits per heavy atom. The molecule has 3 N–H and O–H groups in total. The summed E-state index contributed by atoms with van der Waals surface area (Å²) < 4.78 is 0. The highest BCUT2D eigenvalue weighted by Gasteiger charge is 2.10. The summed E-state index contributed by atoms with van der Waals surface area (Å²) >= 11 is 0. The second-order valence-electron chi connectivity index (χ2n) is 4.38. The lowest BCUT2D eigenvalue weighted by Crippen LogP contribution is -2.35. The largest absolute Gasteiger partial charge is 0.507 e. The lowest BCUT2D eigenvalue weighted by molar-refractivity contribution is -0.384. The highest BCUT2D eigenvalue weighted by molar-refractivity contribution is 5.94. The highest BCUT2D eigenvalue weighted by atomic mass is 16.6. The zero-order valence-corrected chi connectivity index (χ0v) is 11.4. The maximum atomic E-state index is 11.9. The lowest BCUT2D eigenvalue weighted by atomic mass is 10.1. The Kier molecular flexibility index (Phi) is 4.38. The van der Waals surface area contributed by atoms with E-state index in [9.17, 15) is 20.0 Å². The molecule has 0 saturated carbocycles. The maximum absolute atomic E-state index is 11.9. The molecule has 0 aliphatic carbocycles. The number of phenols is 1. The molecule has 0 spiro atoms. The van der Waals surface area contributed by atoms with E-state index >= 15 is 0 Å². The monoisotopic (exact) mass is 299 g/mol. The van der Waals surface area contributed by atoms with Crippen LogP contribution in [0.5, 0.6) is 5.75 Å². The van der Waals surface area contributed by atoms with Gasteiger partial charge in [-0.3, -0.25) is 25.8 Å². The van der Waals surface area contributed by atoms with Crippen molar-refractivity contribution in [2.75, 3.05) is 0 Å².